The van der Waals surface area contributed by atoms with E-state index in [2.05, 4.69) is 48.5 Å². The number of hydrogen-bond acceptors (Lipinski definition) is 1. The van der Waals surface area contributed by atoms with E-state index < -0.39 is 0 Å². The smallest absolute Gasteiger partial charge is 0.150 e. The second-order valence-electron chi connectivity index (χ2n) is 6.16. The Labute approximate surface area is 125 Å². The lowest BCUT2D eigenvalue weighted by molar-refractivity contribution is 0.112. The molecule has 0 N–H and O–H groups in total. The van der Waals surface area contributed by atoms with Crippen LogP contribution in [0.1, 0.15) is 10.4 Å². The maximum Gasteiger partial charge on any atom is 0.150 e. The molecule has 0 unspecified atom stereocenters. The first-order valence-electron chi connectivity index (χ1n) is 7.49. The van der Waals surface area contributed by atoms with Crippen LogP contribution in [0, 0.1) is 0 Å². The van der Waals surface area contributed by atoms with Crippen molar-refractivity contribution in [1.82, 2.24) is 0 Å². The molecular weight excluding hydrogens is 268 g/mol. The Balaban J connectivity index is 2.20. The van der Waals surface area contributed by atoms with Gasteiger partial charge in [0.2, 0.25) is 0 Å². The van der Waals surface area contributed by atoms with E-state index in [4.69, 9.17) is 0 Å². The Kier molecular flexibility index (Phi) is 1.60. The molecule has 6 rings (SSSR count). The number of hydrogen-bond donors (Lipinski definition) is 0. The van der Waals surface area contributed by atoms with E-state index in [1.54, 1.807) is 0 Å². The Hall–Kier alpha value is -2.93. The molecule has 0 bridgehead atoms. The number of carbonyl (C=O) groups excluding carboxylic acids is 1. The molecule has 6 aromatic rings. The highest BCUT2D eigenvalue weighted by Gasteiger charge is 2.20. The summed E-state index contributed by atoms with van der Waals surface area (Å²) in [5.74, 6) is 0. The lowest BCUT2D eigenvalue weighted by Crippen LogP contribution is -1.85. The van der Waals surface area contributed by atoms with Crippen LogP contribution in [0.3, 0.4) is 0 Å². The third-order valence-electron chi connectivity index (χ3n) is 5.18. The first-order valence-corrected chi connectivity index (χ1v) is 7.49. The summed E-state index contributed by atoms with van der Waals surface area (Å²) in [4.78, 5) is 11.5. The molecule has 0 saturated heterocycles. The fourth-order valence-electron chi connectivity index (χ4n) is 4.30. The van der Waals surface area contributed by atoms with Gasteiger partial charge in [0, 0.05) is 5.56 Å². The molecule has 1 nitrogen and oxygen atoms in total. The van der Waals surface area contributed by atoms with Crippen molar-refractivity contribution in [1.29, 1.82) is 0 Å². The van der Waals surface area contributed by atoms with Gasteiger partial charge in [-0.1, -0.05) is 48.5 Å². The topological polar surface area (TPSA) is 17.1 Å². The van der Waals surface area contributed by atoms with Crippen LogP contribution in [-0.2, 0) is 0 Å². The number of carbonyl (C=O) groups is 1. The van der Waals surface area contributed by atoms with Crippen molar-refractivity contribution in [3.8, 4) is 0 Å². The second-order valence-corrected chi connectivity index (χ2v) is 6.16. The third-order valence-corrected chi connectivity index (χ3v) is 5.18. The molecular formula is C21H10O. The fourth-order valence-corrected chi connectivity index (χ4v) is 4.30. The predicted octanol–water partition coefficient (Wildman–Crippen LogP) is 5.58. The maximum absolute atomic E-state index is 11.5. The summed E-state index contributed by atoms with van der Waals surface area (Å²) in [7, 11) is 0. The van der Waals surface area contributed by atoms with Gasteiger partial charge in [-0.15, -0.1) is 0 Å². The molecule has 100 valence electrons. The van der Waals surface area contributed by atoms with Gasteiger partial charge < -0.3 is 0 Å². The van der Waals surface area contributed by atoms with Gasteiger partial charge in [0.25, 0.3) is 0 Å². The molecule has 0 radical (unpaired) electrons. The zero-order valence-electron chi connectivity index (χ0n) is 11.7. The van der Waals surface area contributed by atoms with Gasteiger partial charge in [-0.25, -0.2) is 0 Å². The van der Waals surface area contributed by atoms with Crippen molar-refractivity contribution in [2.24, 2.45) is 0 Å². The van der Waals surface area contributed by atoms with Crippen LogP contribution < -0.4 is 0 Å². The maximum atomic E-state index is 11.5. The molecule has 0 aliphatic carbocycles. The minimum Gasteiger partial charge on any atom is -0.298 e. The summed E-state index contributed by atoms with van der Waals surface area (Å²) in [5.41, 5.74) is 0.786. The molecule has 22 heavy (non-hydrogen) atoms. The molecule has 6 aromatic carbocycles. The third kappa shape index (κ3) is 0.980. The SMILES string of the molecule is O=Cc1cc2ccc3ccc4ccc5ccc1c1c5c4c3c21. The van der Waals surface area contributed by atoms with Crippen molar-refractivity contribution in [2.75, 3.05) is 0 Å². The fraction of sp³-hybridized carbons (Fsp3) is 0. The first-order chi connectivity index (χ1) is 10.9. The normalized spacial score (nSPS) is 12.7. The molecule has 1 heteroatoms. The van der Waals surface area contributed by atoms with Crippen LogP contribution in [-0.4, -0.2) is 6.29 Å². The molecule has 0 aliphatic rings. The standard InChI is InChI=1S/C21H10O/c22-10-15-9-14-6-5-12-2-1-11-3-4-13-7-8-16(15)21-19(13)17(11)18(12)20(14)21/h1-10H. The molecule has 0 amide bonds. The molecule has 0 spiro atoms. The summed E-state index contributed by atoms with van der Waals surface area (Å²) >= 11 is 0. The van der Waals surface area contributed by atoms with E-state index >= 15 is 0 Å². The number of aldehydes is 1. The molecule has 0 atom stereocenters. The lowest BCUT2D eigenvalue weighted by atomic mass is 9.96. The molecule has 0 heterocycles. The van der Waals surface area contributed by atoms with Crippen LogP contribution in [0.5, 0.6) is 0 Å². The van der Waals surface area contributed by atoms with Crippen LogP contribution in [0.4, 0.5) is 0 Å². The van der Waals surface area contributed by atoms with E-state index in [0.29, 0.717) is 0 Å². The predicted molar refractivity (Wildman–Crippen MR) is 92.9 cm³/mol. The zero-order valence-corrected chi connectivity index (χ0v) is 11.7. The highest BCUT2D eigenvalue weighted by Crippen LogP contribution is 2.48. The monoisotopic (exact) mass is 278 g/mol. The van der Waals surface area contributed by atoms with Crippen LogP contribution >= 0.6 is 0 Å². The Morgan fingerprint density at radius 3 is 1.59 bits per heavy atom. The van der Waals surface area contributed by atoms with E-state index in [1.165, 1.54) is 48.5 Å². The summed E-state index contributed by atoms with van der Waals surface area (Å²) in [6.07, 6.45) is 0.980. The Morgan fingerprint density at radius 2 is 1.00 bits per heavy atom. The van der Waals surface area contributed by atoms with Crippen molar-refractivity contribution < 1.29 is 4.79 Å². The average molecular weight is 278 g/mol. The minimum absolute atomic E-state index is 0.786. The number of benzene rings is 5. The van der Waals surface area contributed by atoms with E-state index in [1.807, 2.05) is 6.07 Å². The Morgan fingerprint density at radius 1 is 0.545 bits per heavy atom. The zero-order chi connectivity index (χ0) is 14.4. The lowest BCUT2D eigenvalue weighted by Gasteiger charge is -2.07. The molecule has 0 saturated carbocycles. The second kappa shape index (κ2) is 3.28. The van der Waals surface area contributed by atoms with Crippen molar-refractivity contribution in [3.05, 3.63) is 60.2 Å². The van der Waals surface area contributed by atoms with Gasteiger partial charge >= 0.3 is 0 Å². The van der Waals surface area contributed by atoms with Crippen molar-refractivity contribution in [3.63, 3.8) is 0 Å². The first kappa shape index (κ1) is 10.7. The van der Waals surface area contributed by atoms with Gasteiger partial charge in [0.15, 0.2) is 6.29 Å². The van der Waals surface area contributed by atoms with Gasteiger partial charge in [0.1, 0.15) is 0 Å². The summed E-state index contributed by atoms with van der Waals surface area (Å²) < 4.78 is 0. The number of rotatable bonds is 1. The molecule has 0 aliphatic heterocycles. The largest absolute Gasteiger partial charge is 0.298 e. The molecule has 0 fully saturated rings. The quantitative estimate of drug-likeness (QED) is 0.283. The van der Waals surface area contributed by atoms with E-state index in [0.717, 1.165) is 17.2 Å². The van der Waals surface area contributed by atoms with E-state index in [-0.39, 0.29) is 0 Å². The van der Waals surface area contributed by atoms with Crippen molar-refractivity contribution >= 4 is 60.1 Å². The Bertz CT molecular complexity index is 1280. The van der Waals surface area contributed by atoms with Crippen LogP contribution in [0.25, 0.3) is 53.9 Å². The van der Waals surface area contributed by atoms with E-state index in [9.17, 15) is 4.79 Å². The summed E-state index contributed by atoms with van der Waals surface area (Å²) in [6.45, 7) is 0. The molecule has 0 aromatic heterocycles. The van der Waals surface area contributed by atoms with Gasteiger partial charge in [-0.2, -0.15) is 0 Å². The van der Waals surface area contributed by atoms with Gasteiger partial charge in [0.05, 0.1) is 0 Å². The van der Waals surface area contributed by atoms with Gasteiger partial charge in [-0.05, 0) is 59.9 Å². The van der Waals surface area contributed by atoms with Crippen LogP contribution in [0.15, 0.2) is 54.6 Å². The van der Waals surface area contributed by atoms with Gasteiger partial charge in [-0.3, -0.25) is 4.79 Å². The van der Waals surface area contributed by atoms with Crippen molar-refractivity contribution in [2.45, 2.75) is 0 Å². The minimum atomic E-state index is 0.786. The summed E-state index contributed by atoms with van der Waals surface area (Å²) in [6, 6.07) is 19.4. The highest BCUT2D eigenvalue weighted by molar-refractivity contribution is 6.45. The average Bonchev–Trinajstić information content (AvgIpc) is 2.94. The summed E-state index contributed by atoms with van der Waals surface area (Å²) in [5, 5.41) is 12.7. The highest BCUT2D eigenvalue weighted by atomic mass is 16.1. The van der Waals surface area contributed by atoms with Crippen LogP contribution in [0.2, 0.25) is 0 Å².